The molecule has 12 nitrogen and oxygen atoms in total. The van der Waals surface area contributed by atoms with E-state index in [0.29, 0.717) is 0 Å². The standard InChI is InChI=1S/C17H31N5O7/c1-7(2)12(19)16(27)20-9(5-11(18)24)14(25)21-10(6-23)15(26)22-13(8(3)4)17(28)29/h7-10,12-13,23H,5-6,19H2,1-4H3,(H2,18,24)(H,20,27)(H,21,25)(H,22,26)(H,28,29). The third-order valence-corrected chi connectivity index (χ3v) is 4.11. The van der Waals surface area contributed by atoms with Crippen molar-refractivity contribution in [2.75, 3.05) is 6.61 Å². The second kappa shape index (κ2) is 12.0. The Labute approximate surface area is 168 Å². The lowest BCUT2D eigenvalue weighted by molar-refractivity contribution is -0.144. The zero-order valence-corrected chi connectivity index (χ0v) is 17.0. The van der Waals surface area contributed by atoms with Crippen LogP contribution in [0.15, 0.2) is 0 Å². The number of aliphatic hydroxyl groups excluding tert-OH is 1. The lowest BCUT2D eigenvalue weighted by atomic mass is 10.0. The Balaban J connectivity index is 5.27. The van der Waals surface area contributed by atoms with E-state index in [1.807, 2.05) is 0 Å². The fraction of sp³-hybridized carbons (Fsp3) is 0.706. The third-order valence-electron chi connectivity index (χ3n) is 4.11. The van der Waals surface area contributed by atoms with Crippen molar-refractivity contribution < 1.29 is 34.2 Å². The van der Waals surface area contributed by atoms with Crippen molar-refractivity contribution in [3.8, 4) is 0 Å². The monoisotopic (exact) mass is 417 g/mol. The topological polar surface area (TPSA) is 214 Å². The third kappa shape index (κ3) is 8.87. The van der Waals surface area contributed by atoms with Crippen LogP contribution in [0.5, 0.6) is 0 Å². The molecule has 12 heteroatoms. The van der Waals surface area contributed by atoms with Gasteiger partial charge in [-0.05, 0) is 11.8 Å². The summed E-state index contributed by atoms with van der Waals surface area (Å²) in [6.07, 6.45) is -0.564. The molecule has 0 aromatic heterocycles. The van der Waals surface area contributed by atoms with Crippen LogP contribution in [0.4, 0.5) is 0 Å². The fourth-order valence-corrected chi connectivity index (χ4v) is 2.21. The molecule has 0 heterocycles. The Morgan fingerprint density at radius 2 is 1.31 bits per heavy atom. The number of nitrogens with one attached hydrogen (secondary N) is 3. The number of aliphatic hydroxyl groups is 1. The largest absolute Gasteiger partial charge is 0.480 e. The zero-order valence-electron chi connectivity index (χ0n) is 17.0. The maximum Gasteiger partial charge on any atom is 0.326 e. The van der Waals surface area contributed by atoms with Gasteiger partial charge in [-0.3, -0.25) is 19.2 Å². The maximum atomic E-state index is 12.5. The van der Waals surface area contributed by atoms with Crippen LogP contribution in [0.1, 0.15) is 34.1 Å². The molecule has 0 spiro atoms. The molecule has 0 radical (unpaired) electrons. The fourth-order valence-electron chi connectivity index (χ4n) is 2.21. The van der Waals surface area contributed by atoms with Gasteiger partial charge in [0.05, 0.1) is 19.1 Å². The first-order chi connectivity index (χ1) is 13.3. The van der Waals surface area contributed by atoms with Crippen molar-refractivity contribution in [2.45, 2.75) is 58.3 Å². The molecule has 9 N–H and O–H groups in total. The molecule has 0 saturated carbocycles. The van der Waals surface area contributed by atoms with Crippen molar-refractivity contribution in [1.82, 2.24) is 16.0 Å². The molecule has 29 heavy (non-hydrogen) atoms. The minimum atomic E-state index is -1.51. The van der Waals surface area contributed by atoms with Crippen molar-refractivity contribution in [1.29, 1.82) is 0 Å². The van der Waals surface area contributed by atoms with Gasteiger partial charge in [-0.2, -0.15) is 0 Å². The molecular weight excluding hydrogens is 386 g/mol. The van der Waals surface area contributed by atoms with E-state index in [4.69, 9.17) is 16.6 Å². The van der Waals surface area contributed by atoms with Crippen LogP contribution in [0.25, 0.3) is 0 Å². The summed E-state index contributed by atoms with van der Waals surface area (Å²) in [5.74, 6) is -5.46. The summed E-state index contributed by atoms with van der Waals surface area (Å²) in [4.78, 5) is 59.3. The van der Waals surface area contributed by atoms with Gasteiger partial charge in [-0.1, -0.05) is 27.7 Å². The van der Waals surface area contributed by atoms with E-state index in [-0.39, 0.29) is 5.92 Å². The lowest BCUT2D eigenvalue weighted by Gasteiger charge is -2.25. The summed E-state index contributed by atoms with van der Waals surface area (Å²) >= 11 is 0. The molecule has 4 atom stereocenters. The Kier molecular flexibility index (Phi) is 10.8. The smallest absolute Gasteiger partial charge is 0.326 e. The SMILES string of the molecule is CC(C)C(N)C(=O)NC(CC(N)=O)C(=O)NC(CO)C(=O)NC(C(=O)O)C(C)C. The number of carbonyl (C=O) groups is 5. The maximum absolute atomic E-state index is 12.5. The predicted molar refractivity (Wildman–Crippen MR) is 102 cm³/mol. The second-order valence-electron chi connectivity index (χ2n) is 7.31. The quantitative estimate of drug-likeness (QED) is 0.174. The van der Waals surface area contributed by atoms with Crippen LogP contribution in [0, 0.1) is 11.8 Å². The van der Waals surface area contributed by atoms with Gasteiger partial charge in [-0.25, -0.2) is 4.79 Å². The number of primary amides is 1. The summed E-state index contributed by atoms with van der Waals surface area (Å²) < 4.78 is 0. The van der Waals surface area contributed by atoms with Crippen LogP contribution in [-0.2, 0) is 24.0 Å². The van der Waals surface area contributed by atoms with Crippen LogP contribution >= 0.6 is 0 Å². The number of amides is 4. The van der Waals surface area contributed by atoms with Gasteiger partial charge in [-0.15, -0.1) is 0 Å². The molecule has 166 valence electrons. The van der Waals surface area contributed by atoms with Crippen LogP contribution < -0.4 is 27.4 Å². The highest BCUT2D eigenvalue weighted by Crippen LogP contribution is 2.04. The van der Waals surface area contributed by atoms with Crippen LogP contribution in [-0.4, -0.2) is 70.6 Å². The first kappa shape index (κ1) is 26.3. The summed E-state index contributed by atoms with van der Waals surface area (Å²) in [5, 5.41) is 25.2. The van der Waals surface area contributed by atoms with Crippen LogP contribution in [0.3, 0.4) is 0 Å². The van der Waals surface area contributed by atoms with Gasteiger partial charge < -0.3 is 37.6 Å². The highest BCUT2D eigenvalue weighted by atomic mass is 16.4. The minimum Gasteiger partial charge on any atom is -0.480 e. The first-order valence-corrected chi connectivity index (χ1v) is 9.10. The normalized spacial score (nSPS) is 15.2. The van der Waals surface area contributed by atoms with E-state index in [2.05, 4.69) is 16.0 Å². The summed E-state index contributed by atoms with van der Waals surface area (Å²) in [6.45, 7) is 5.68. The van der Waals surface area contributed by atoms with E-state index in [9.17, 15) is 29.1 Å². The van der Waals surface area contributed by atoms with Gasteiger partial charge in [0.25, 0.3) is 0 Å². The predicted octanol–water partition coefficient (Wildman–Crippen LogP) is -2.97. The molecule has 0 aromatic rings. The van der Waals surface area contributed by atoms with Gasteiger partial charge in [0, 0.05) is 0 Å². The van der Waals surface area contributed by atoms with E-state index in [1.54, 1.807) is 27.7 Å². The highest BCUT2D eigenvalue weighted by Gasteiger charge is 2.31. The number of carbonyl (C=O) groups excluding carboxylic acids is 4. The zero-order chi connectivity index (χ0) is 22.9. The van der Waals surface area contributed by atoms with Crippen molar-refractivity contribution in [3.63, 3.8) is 0 Å². The Bertz CT molecular complexity index is 623. The van der Waals surface area contributed by atoms with E-state index >= 15 is 0 Å². The van der Waals surface area contributed by atoms with Gasteiger partial charge in [0.2, 0.25) is 23.6 Å². The molecule has 0 aliphatic carbocycles. The molecule has 0 bridgehead atoms. The lowest BCUT2D eigenvalue weighted by Crippen LogP contribution is -2.59. The molecule has 0 fully saturated rings. The first-order valence-electron chi connectivity index (χ1n) is 9.10. The number of carboxylic acids is 1. The molecule has 4 amide bonds. The number of aliphatic carboxylic acids is 1. The van der Waals surface area contributed by atoms with Gasteiger partial charge >= 0.3 is 5.97 Å². The summed E-state index contributed by atoms with van der Waals surface area (Å²) in [6, 6.07) is -5.11. The molecular formula is C17H31N5O7. The number of rotatable bonds is 12. The summed E-state index contributed by atoms with van der Waals surface area (Å²) in [7, 11) is 0. The van der Waals surface area contributed by atoms with Crippen molar-refractivity contribution in [2.24, 2.45) is 23.3 Å². The molecule has 0 aliphatic rings. The van der Waals surface area contributed by atoms with E-state index in [1.165, 1.54) is 0 Å². The average Bonchev–Trinajstić information content (AvgIpc) is 2.61. The minimum absolute atomic E-state index is 0.243. The van der Waals surface area contributed by atoms with E-state index in [0.717, 1.165) is 0 Å². The molecule has 0 rings (SSSR count). The highest BCUT2D eigenvalue weighted by molar-refractivity contribution is 5.96. The van der Waals surface area contributed by atoms with Crippen molar-refractivity contribution in [3.05, 3.63) is 0 Å². The van der Waals surface area contributed by atoms with E-state index < -0.39 is 72.7 Å². The summed E-state index contributed by atoms with van der Waals surface area (Å²) in [5.41, 5.74) is 10.8. The number of nitrogens with two attached hydrogens (primary N) is 2. The van der Waals surface area contributed by atoms with Gasteiger partial charge in [0.15, 0.2) is 0 Å². The average molecular weight is 417 g/mol. The number of hydrogen-bond acceptors (Lipinski definition) is 7. The van der Waals surface area contributed by atoms with Crippen molar-refractivity contribution >= 4 is 29.6 Å². The Hall–Kier alpha value is -2.73. The number of carboxylic acid groups (broad SMARTS) is 1. The Morgan fingerprint density at radius 1 is 0.828 bits per heavy atom. The van der Waals surface area contributed by atoms with Crippen LogP contribution in [0.2, 0.25) is 0 Å². The van der Waals surface area contributed by atoms with Gasteiger partial charge in [0.1, 0.15) is 18.1 Å². The number of hydrogen-bond donors (Lipinski definition) is 7. The molecule has 4 unspecified atom stereocenters. The Morgan fingerprint density at radius 3 is 1.69 bits per heavy atom. The second-order valence-corrected chi connectivity index (χ2v) is 7.31. The molecule has 0 aromatic carbocycles. The molecule has 0 aliphatic heterocycles. The molecule has 0 saturated heterocycles.